The van der Waals surface area contributed by atoms with Gasteiger partial charge in [0.25, 0.3) is 0 Å². The van der Waals surface area contributed by atoms with Crippen molar-refractivity contribution in [3.63, 3.8) is 0 Å². The van der Waals surface area contributed by atoms with E-state index < -0.39 is 6.10 Å². The number of ether oxygens (including phenoxy) is 1. The molecule has 2 rings (SSSR count). The number of aliphatic hydroxyl groups excluding tert-OH is 1. The Kier molecular flexibility index (Phi) is 4.13. The number of hydrogen-bond donors (Lipinski definition) is 1. The van der Waals surface area contributed by atoms with Crippen LogP contribution >= 0.6 is 11.8 Å². The predicted molar refractivity (Wildman–Crippen MR) is 68.1 cm³/mol. The van der Waals surface area contributed by atoms with Crippen molar-refractivity contribution in [3.8, 4) is 5.75 Å². The van der Waals surface area contributed by atoms with Crippen molar-refractivity contribution in [2.45, 2.75) is 32.0 Å². The average molecular weight is 238 g/mol. The first-order valence-corrected chi connectivity index (χ1v) is 6.93. The van der Waals surface area contributed by atoms with Gasteiger partial charge in [-0.05, 0) is 43.2 Å². The number of rotatable bonds is 3. The van der Waals surface area contributed by atoms with Gasteiger partial charge in [-0.2, -0.15) is 11.8 Å². The molecule has 1 aromatic rings. The third kappa shape index (κ3) is 3.16. The van der Waals surface area contributed by atoms with Crippen LogP contribution in [0.3, 0.4) is 0 Å². The highest BCUT2D eigenvalue weighted by Gasteiger charge is 2.15. The number of aliphatic hydroxyl groups is 1. The Morgan fingerprint density at radius 2 is 2.12 bits per heavy atom. The van der Waals surface area contributed by atoms with Crippen molar-refractivity contribution in [3.05, 3.63) is 29.8 Å². The molecule has 2 unspecified atom stereocenters. The minimum Gasteiger partial charge on any atom is -0.490 e. The van der Waals surface area contributed by atoms with E-state index in [0.717, 1.165) is 23.5 Å². The maximum Gasteiger partial charge on any atom is 0.119 e. The molecule has 2 atom stereocenters. The van der Waals surface area contributed by atoms with Gasteiger partial charge >= 0.3 is 0 Å². The quantitative estimate of drug-likeness (QED) is 0.877. The minimum absolute atomic E-state index is 0.358. The highest BCUT2D eigenvalue weighted by atomic mass is 32.2. The van der Waals surface area contributed by atoms with Crippen LogP contribution in [0.4, 0.5) is 0 Å². The molecule has 3 heteroatoms. The highest BCUT2D eigenvalue weighted by Crippen LogP contribution is 2.23. The minimum atomic E-state index is -0.403. The molecule has 1 fully saturated rings. The summed E-state index contributed by atoms with van der Waals surface area (Å²) in [7, 11) is 0. The molecule has 0 spiro atoms. The Morgan fingerprint density at radius 1 is 1.38 bits per heavy atom. The van der Waals surface area contributed by atoms with E-state index in [0.29, 0.717) is 6.10 Å². The van der Waals surface area contributed by atoms with Crippen molar-refractivity contribution in [2.75, 3.05) is 11.5 Å². The molecule has 16 heavy (non-hydrogen) atoms. The van der Waals surface area contributed by atoms with E-state index in [1.165, 1.54) is 12.2 Å². The molecule has 0 aliphatic carbocycles. The number of thioether (sulfide) groups is 1. The molecule has 2 nitrogen and oxygen atoms in total. The van der Waals surface area contributed by atoms with Gasteiger partial charge in [0.05, 0.1) is 6.10 Å². The zero-order chi connectivity index (χ0) is 11.4. The Morgan fingerprint density at radius 3 is 2.69 bits per heavy atom. The van der Waals surface area contributed by atoms with Crippen LogP contribution in [-0.4, -0.2) is 22.7 Å². The molecule has 0 aromatic heterocycles. The van der Waals surface area contributed by atoms with Crippen LogP contribution in [0.1, 0.15) is 31.4 Å². The lowest BCUT2D eigenvalue weighted by atomic mass is 10.1. The van der Waals surface area contributed by atoms with E-state index in [2.05, 4.69) is 0 Å². The summed E-state index contributed by atoms with van der Waals surface area (Å²) in [5, 5.41) is 9.39. The van der Waals surface area contributed by atoms with Crippen LogP contribution in [-0.2, 0) is 0 Å². The van der Waals surface area contributed by atoms with E-state index in [1.54, 1.807) is 6.92 Å². The summed E-state index contributed by atoms with van der Waals surface area (Å²) in [5.41, 5.74) is 0.936. The molecule has 0 saturated carbocycles. The Bertz CT molecular complexity index is 315. The van der Waals surface area contributed by atoms with Crippen LogP contribution in [0.15, 0.2) is 24.3 Å². The fraction of sp³-hybridized carbons (Fsp3) is 0.538. The summed E-state index contributed by atoms with van der Waals surface area (Å²) >= 11 is 1.97. The summed E-state index contributed by atoms with van der Waals surface area (Å²) in [6.45, 7) is 1.77. The molecule has 1 saturated heterocycles. The molecular weight excluding hydrogens is 220 g/mol. The van der Waals surface area contributed by atoms with E-state index in [4.69, 9.17) is 4.74 Å². The molecule has 1 aliphatic heterocycles. The van der Waals surface area contributed by atoms with Crippen molar-refractivity contribution in [2.24, 2.45) is 0 Å². The summed E-state index contributed by atoms with van der Waals surface area (Å²) in [6, 6.07) is 7.74. The lowest BCUT2D eigenvalue weighted by molar-refractivity contribution is 0.198. The van der Waals surface area contributed by atoms with Gasteiger partial charge < -0.3 is 9.84 Å². The second kappa shape index (κ2) is 5.60. The van der Waals surface area contributed by atoms with Gasteiger partial charge in [0.15, 0.2) is 0 Å². The zero-order valence-electron chi connectivity index (χ0n) is 9.56. The maximum atomic E-state index is 9.39. The first kappa shape index (κ1) is 11.8. The van der Waals surface area contributed by atoms with Crippen molar-refractivity contribution < 1.29 is 9.84 Å². The Balaban J connectivity index is 1.93. The molecule has 1 aromatic carbocycles. The largest absolute Gasteiger partial charge is 0.490 e. The Labute approximate surface area is 101 Å². The predicted octanol–water partition coefficient (Wildman–Crippen LogP) is 3.01. The van der Waals surface area contributed by atoms with Gasteiger partial charge in [-0.25, -0.2) is 0 Å². The summed E-state index contributed by atoms with van der Waals surface area (Å²) in [4.78, 5) is 0. The SMILES string of the molecule is CC(O)c1ccc(OC2CCCSC2)cc1. The van der Waals surface area contributed by atoms with Gasteiger partial charge in [-0.3, -0.25) is 0 Å². The third-order valence-corrected chi connectivity index (χ3v) is 3.97. The normalized spacial score (nSPS) is 22.8. The highest BCUT2D eigenvalue weighted by molar-refractivity contribution is 7.99. The molecular formula is C13H18O2S. The fourth-order valence-corrected chi connectivity index (χ4v) is 2.86. The van der Waals surface area contributed by atoms with E-state index in [-0.39, 0.29) is 0 Å². The van der Waals surface area contributed by atoms with E-state index in [1.807, 2.05) is 36.0 Å². The third-order valence-electron chi connectivity index (χ3n) is 2.78. The fourth-order valence-electron chi connectivity index (χ4n) is 1.82. The number of benzene rings is 1. The second-order valence-corrected chi connectivity index (χ2v) is 5.35. The monoisotopic (exact) mass is 238 g/mol. The molecule has 0 bridgehead atoms. The van der Waals surface area contributed by atoms with E-state index in [9.17, 15) is 5.11 Å². The van der Waals surface area contributed by atoms with Crippen molar-refractivity contribution in [1.82, 2.24) is 0 Å². The Hall–Kier alpha value is -0.670. The topological polar surface area (TPSA) is 29.5 Å². The summed E-state index contributed by atoms with van der Waals surface area (Å²) in [5.74, 6) is 3.27. The smallest absolute Gasteiger partial charge is 0.119 e. The number of hydrogen-bond acceptors (Lipinski definition) is 3. The second-order valence-electron chi connectivity index (χ2n) is 4.20. The van der Waals surface area contributed by atoms with Gasteiger partial charge in [-0.1, -0.05) is 12.1 Å². The lowest BCUT2D eigenvalue weighted by Gasteiger charge is -2.22. The maximum absolute atomic E-state index is 9.39. The van der Waals surface area contributed by atoms with Gasteiger partial charge in [0.1, 0.15) is 11.9 Å². The molecule has 1 aliphatic rings. The van der Waals surface area contributed by atoms with Crippen LogP contribution in [0.2, 0.25) is 0 Å². The van der Waals surface area contributed by atoms with Gasteiger partial charge in [0, 0.05) is 5.75 Å². The first-order valence-electron chi connectivity index (χ1n) is 5.78. The van der Waals surface area contributed by atoms with Gasteiger partial charge in [-0.15, -0.1) is 0 Å². The molecule has 1 heterocycles. The average Bonchev–Trinajstić information content (AvgIpc) is 2.31. The van der Waals surface area contributed by atoms with Gasteiger partial charge in [0.2, 0.25) is 0 Å². The molecule has 88 valence electrons. The molecule has 0 amide bonds. The van der Waals surface area contributed by atoms with Crippen molar-refractivity contribution >= 4 is 11.8 Å². The molecule has 1 N–H and O–H groups in total. The van der Waals surface area contributed by atoms with Crippen LogP contribution in [0.5, 0.6) is 5.75 Å². The van der Waals surface area contributed by atoms with Crippen LogP contribution in [0, 0.1) is 0 Å². The summed E-state index contributed by atoms with van der Waals surface area (Å²) < 4.78 is 5.89. The lowest BCUT2D eigenvalue weighted by Crippen LogP contribution is -2.23. The molecule has 0 radical (unpaired) electrons. The van der Waals surface area contributed by atoms with Crippen LogP contribution < -0.4 is 4.74 Å². The first-order chi connectivity index (χ1) is 7.75. The van der Waals surface area contributed by atoms with Crippen LogP contribution in [0.25, 0.3) is 0 Å². The zero-order valence-corrected chi connectivity index (χ0v) is 10.4. The van der Waals surface area contributed by atoms with E-state index >= 15 is 0 Å². The van der Waals surface area contributed by atoms with Crippen molar-refractivity contribution in [1.29, 1.82) is 0 Å². The summed E-state index contributed by atoms with van der Waals surface area (Å²) in [6.07, 6.45) is 2.36. The standard InChI is InChI=1S/C13H18O2S/c1-10(14)11-4-6-12(7-5-11)15-13-3-2-8-16-9-13/h4-7,10,13-14H,2-3,8-9H2,1H3.